The molecule has 0 aromatic heterocycles. The Hall–Kier alpha value is -1.53. The zero-order valence-electron chi connectivity index (χ0n) is 12.7. The van der Waals surface area contributed by atoms with Crippen molar-refractivity contribution in [3.05, 3.63) is 29.8 Å². The molecule has 0 saturated heterocycles. The molecule has 1 N–H and O–H groups in total. The van der Waals surface area contributed by atoms with Crippen molar-refractivity contribution in [1.29, 1.82) is 5.26 Å². The smallest absolute Gasteiger partial charge is 0.174 e. The number of nitrogens with one attached hydrogen (secondary N) is 1. The lowest BCUT2D eigenvalue weighted by atomic mass is 9.99. The lowest BCUT2D eigenvalue weighted by Gasteiger charge is -2.15. The lowest BCUT2D eigenvalue weighted by Crippen LogP contribution is -2.22. The van der Waals surface area contributed by atoms with Crippen molar-refractivity contribution >= 4 is 0 Å². The van der Waals surface area contributed by atoms with Crippen LogP contribution < -0.4 is 10.1 Å². The quantitative estimate of drug-likeness (QED) is 0.704. The second-order valence-corrected chi connectivity index (χ2v) is 5.14. The van der Waals surface area contributed by atoms with Gasteiger partial charge in [0.25, 0.3) is 0 Å². The van der Waals surface area contributed by atoms with Gasteiger partial charge >= 0.3 is 0 Å². The van der Waals surface area contributed by atoms with Gasteiger partial charge in [0, 0.05) is 6.54 Å². The van der Waals surface area contributed by atoms with Gasteiger partial charge in [-0.2, -0.15) is 5.26 Å². The minimum Gasteiger partial charge on any atom is -0.479 e. The van der Waals surface area contributed by atoms with E-state index in [1.807, 2.05) is 24.3 Å². The molecule has 1 atom stereocenters. The standard InChI is InChI=1S/C17H26N2O/c1-3-5-7-15(4-2)13-19-14-16-8-6-9-17(12-16)20-11-10-18/h6,8-9,12,15,19H,3-5,7,11,13-14H2,1-2H3. The van der Waals surface area contributed by atoms with E-state index in [-0.39, 0.29) is 6.61 Å². The molecule has 20 heavy (non-hydrogen) atoms. The number of unbranched alkanes of at least 4 members (excludes halogenated alkanes) is 1. The molecule has 3 heteroatoms. The van der Waals surface area contributed by atoms with Crippen LogP contribution in [0.1, 0.15) is 45.1 Å². The Morgan fingerprint density at radius 1 is 1.35 bits per heavy atom. The van der Waals surface area contributed by atoms with Crippen molar-refractivity contribution in [3.8, 4) is 11.8 Å². The van der Waals surface area contributed by atoms with Gasteiger partial charge in [-0.25, -0.2) is 0 Å². The second-order valence-electron chi connectivity index (χ2n) is 5.14. The molecule has 1 aromatic rings. The molecule has 1 unspecified atom stereocenters. The van der Waals surface area contributed by atoms with Gasteiger partial charge in [-0.15, -0.1) is 0 Å². The molecule has 0 bridgehead atoms. The fourth-order valence-corrected chi connectivity index (χ4v) is 2.22. The molecule has 0 saturated carbocycles. The predicted molar refractivity (Wildman–Crippen MR) is 82.6 cm³/mol. The second kappa shape index (κ2) is 10.3. The summed E-state index contributed by atoms with van der Waals surface area (Å²) >= 11 is 0. The molecule has 0 radical (unpaired) electrons. The fourth-order valence-electron chi connectivity index (χ4n) is 2.22. The molecule has 1 aromatic carbocycles. The predicted octanol–water partition coefficient (Wildman–Crippen LogP) is 3.89. The fraction of sp³-hybridized carbons (Fsp3) is 0.588. The molecule has 0 fully saturated rings. The molecular formula is C17H26N2O. The van der Waals surface area contributed by atoms with Crippen LogP contribution in [-0.2, 0) is 6.54 Å². The zero-order valence-corrected chi connectivity index (χ0v) is 12.7. The third-order valence-electron chi connectivity index (χ3n) is 3.51. The Kier molecular flexibility index (Phi) is 8.49. The van der Waals surface area contributed by atoms with Gasteiger partial charge < -0.3 is 10.1 Å². The average Bonchev–Trinajstić information content (AvgIpc) is 2.49. The van der Waals surface area contributed by atoms with E-state index >= 15 is 0 Å². The Labute approximate surface area is 123 Å². The molecule has 0 heterocycles. The summed E-state index contributed by atoms with van der Waals surface area (Å²) in [6, 6.07) is 9.92. The van der Waals surface area contributed by atoms with E-state index in [4.69, 9.17) is 10.00 Å². The number of rotatable bonds is 10. The Morgan fingerprint density at radius 2 is 2.20 bits per heavy atom. The van der Waals surface area contributed by atoms with Crippen molar-refractivity contribution in [1.82, 2.24) is 5.32 Å². The number of benzene rings is 1. The summed E-state index contributed by atoms with van der Waals surface area (Å²) < 4.78 is 5.31. The SMILES string of the molecule is CCCCC(CC)CNCc1cccc(OCC#N)c1. The van der Waals surface area contributed by atoms with Crippen molar-refractivity contribution in [2.45, 2.75) is 46.1 Å². The number of nitriles is 1. The van der Waals surface area contributed by atoms with E-state index in [0.29, 0.717) is 0 Å². The summed E-state index contributed by atoms with van der Waals surface area (Å²) in [6.07, 6.45) is 5.14. The van der Waals surface area contributed by atoms with E-state index in [9.17, 15) is 0 Å². The average molecular weight is 274 g/mol. The summed E-state index contributed by atoms with van der Waals surface area (Å²) in [7, 11) is 0. The van der Waals surface area contributed by atoms with Crippen molar-refractivity contribution in [3.63, 3.8) is 0 Å². The highest BCUT2D eigenvalue weighted by Gasteiger charge is 2.05. The van der Waals surface area contributed by atoms with Crippen molar-refractivity contribution < 1.29 is 4.74 Å². The summed E-state index contributed by atoms with van der Waals surface area (Å²) in [5.74, 6) is 1.54. The maximum atomic E-state index is 8.51. The molecule has 0 aliphatic rings. The summed E-state index contributed by atoms with van der Waals surface area (Å²) in [4.78, 5) is 0. The number of hydrogen-bond acceptors (Lipinski definition) is 3. The van der Waals surface area contributed by atoms with Crippen LogP contribution in [0.3, 0.4) is 0 Å². The van der Waals surface area contributed by atoms with Crippen molar-refractivity contribution in [2.24, 2.45) is 5.92 Å². The first kappa shape index (κ1) is 16.5. The Morgan fingerprint density at radius 3 is 2.90 bits per heavy atom. The number of nitrogens with zero attached hydrogens (tertiary/aromatic N) is 1. The maximum absolute atomic E-state index is 8.51. The normalized spacial score (nSPS) is 11.8. The van der Waals surface area contributed by atoms with Gasteiger partial charge in [-0.3, -0.25) is 0 Å². The highest BCUT2D eigenvalue weighted by molar-refractivity contribution is 5.28. The molecule has 0 aliphatic heterocycles. The largest absolute Gasteiger partial charge is 0.479 e. The van der Waals surface area contributed by atoms with Crippen molar-refractivity contribution in [2.75, 3.05) is 13.2 Å². The topological polar surface area (TPSA) is 45.0 Å². The van der Waals surface area contributed by atoms with Crippen LogP contribution >= 0.6 is 0 Å². The van der Waals surface area contributed by atoms with Crippen LogP contribution in [0.2, 0.25) is 0 Å². The maximum Gasteiger partial charge on any atom is 0.174 e. The molecule has 0 amide bonds. The van der Waals surface area contributed by atoms with E-state index in [1.165, 1.54) is 31.2 Å². The summed E-state index contributed by atoms with van der Waals surface area (Å²) in [6.45, 7) is 6.53. The van der Waals surface area contributed by atoms with Gasteiger partial charge in [0.2, 0.25) is 0 Å². The highest BCUT2D eigenvalue weighted by Crippen LogP contribution is 2.14. The molecule has 110 valence electrons. The van der Waals surface area contributed by atoms with Gasteiger partial charge in [-0.05, 0) is 36.6 Å². The van der Waals surface area contributed by atoms with E-state index in [2.05, 4.69) is 25.2 Å². The van der Waals surface area contributed by atoms with Gasteiger partial charge in [0.15, 0.2) is 6.61 Å². The molecular weight excluding hydrogens is 248 g/mol. The van der Waals surface area contributed by atoms with Crippen LogP contribution in [0.25, 0.3) is 0 Å². The summed E-state index contributed by atoms with van der Waals surface area (Å²) in [5.41, 5.74) is 1.20. The zero-order chi connectivity index (χ0) is 14.6. The Balaban J connectivity index is 2.35. The third-order valence-corrected chi connectivity index (χ3v) is 3.51. The van der Waals surface area contributed by atoms with E-state index in [1.54, 1.807) is 0 Å². The monoisotopic (exact) mass is 274 g/mol. The summed E-state index contributed by atoms with van der Waals surface area (Å²) in [5, 5.41) is 12.0. The van der Waals surface area contributed by atoms with Crippen LogP contribution in [0.4, 0.5) is 0 Å². The van der Waals surface area contributed by atoms with E-state index in [0.717, 1.165) is 24.8 Å². The van der Waals surface area contributed by atoms with Gasteiger partial charge in [-0.1, -0.05) is 45.2 Å². The molecule has 0 spiro atoms. The highest BCUT2D eigenvalue weighted by atomic mass is 16.5. The first-order chi connectivity index (χ1) is 9.80. The Bertz CT molecular complexity index is 412. The van der Waals surface area contributed by atoms with Gasteiger partial charge in [0.05, 0.1) is 0 Å². The third kappa shape index (κ3) is 6.58. The van der Waals surface area contributed by atoms with Crippen LogP contribution in [0.15, 0.2) is 24.3 Å². The number of hydrogen-bond donors (Lipinski definition) is 1. The van der Waals surface area contributed by atoms with Crippen LogP contribution in [0, 0.1) is 17.2 Å². The molecule has 1 rings (SSSR count). The lowest BCUT2D eigenvalue weighted by molar-refractivity contribution is 0.367. The number of ether oxygens (including phenoxy) is 1. The first-order valence-corrected chi connectivity index (χ1v) is 7.59. The minimum absolute atomic E-state index is 0.103. The van der Waals surface area contributed by atoms with Crippen LogP contribution in [0.5, 0.6) is 5.75 Å². The van der Waals surface area contributed by atoms with Gasteiger partial charge in [0.1, 0.15) is 11.8 Å². The van der Waals surface area contributed by atoms with Crippen LogP contribution in [-0.4, -0.2) is 13.2 Å². The molecule has 0 aliphatic carbocycles. The first-order valence-electron chi connectivity index (χ1n) is 7.59. The van der Waals surface area contributed by atoms with E-state index < -0.39 is 0 Å². The molecule has 3 nitrogen and oxygen atoms in total. The minimum atomic E-state index is 0.103.